The predicted molar refractivity (Wildman–Crippen MR) is 75.9 cm³/mol. The Labute approximate surface area is 119 Å². The van der Waals surface area contributed by atoms with E-state index in [0.717, 1.165) is 24.8 Å². The number of likely N-dealkylation sites (tertiary alicyclic amines) is 1. The molecule has 0 N–H and O–H groups in total. The number of hydrogen-bond donors (Lipinski definition) is 0. The van der Waals surface area contributed by atoms with Gasteiger partial charge < -0.3 is 9.64 Å². The van der Waals surface area contributed by atoms with Gasteiger partial charge in [-0.3, -0.25) is 0 Å². The van der Waals surface area contributed by atoms with Gasteiger partial charge in [-0.1, -0.05) is 26.0 Å². The molecule has 1 heterocycles. The van der Waals surface area contributed by atoms with E-state index < -0.39 is 0 Å². The van der Waals surface area contributed by atoms with Crippen molar-refractivity contribution in [1.29, 1.82) is 0 Å². The molecule has 1 fully saturated rings. The van der Waals surface area contributed by atoms with Crippen LogP contribution in [0.15, 0.2) is 24.3 Å². The third kappa shape index (κ3) is 3.71. The minimum Gasteiger partial charge on any atom is -0.449 e. The average Bonchev–Trinajstić information content (AvgIpc) is 2.45. The fraction of sp³-hybridized carbons (Fsp3) is 0.562. The molecule has 1 atom stereocenters. The molecule has 0 radical (unpaired) electrons. The van der Waals surface area contributed by atoms with Gasteiger partial charge >= 0.3 is 6.09 Å². The Bertz CT molecular complexity index is 444. The highest BCUT2D eigenvalue weighted by Crippen LogP contribution is 2.31. The van der Waals surface area contributed by atoms with Crippen LogP contribution in [0.4, 0.5) is 9.18 Å². The van der Waals surface area contributed by atoms with E-state index in [1.165, 1.54) is 12.1 Å². The van der Waals surface area contributed by atoms with Crippen molar-refractivity contribution in [1.82, 2.24) is 4.90 Å². The molecule has 1 aromatic rings. The summed E-state index contributed by atoms with van der Waals surface area (Å²) in [7, 11) is 0. The second-order valence-corrected chi connectivity index (χ2v) is 5.73. The Balaban J connectivity index is 2.08. The lowest BCUT2D eigenvalue weighted by molar-refractivity contribution is 0.0652. The molecule has 0 bridgehead atoms. The zero-order chi connectivity index (χ0) is 14.5. The number of hydrogen-bond acceptors (Lipinski definition) is 2. The first kappa shape index (κ1) is 14.8. The van der Waals surface area contributed by atoms with Crippen molar-refractivity contribution in [3.8, 4) is 0 Å². The second kappa shape index (κ2) is 6.73. The number of halogens is 1. The van der Waals surface area contributed by atoms with Gasteiger partial charge in [-0.25, -0.2) is 9.18 Å². The first-order valence-corrected chi connectivity index (χ1v) is 7.27. The van der Waals surface area contributed by atoms with Gasteiger partial charge in [0.1, 0.15) is 5.82 Å². The highest BCUT2D eigenvalue weighted by Gasteiger charge is 2.29. The summed E-state index contributed by atoms with van der Waals surface area (Å²) in [4.78, 5) is 14.0. The fourth-order valence-electron chi connectivity index (χ4n) is 2.50. The number of ether oxygens (including phenoxy) is 1. The van der Waals surface area contributed by atoms with Crippen LogP contribution in [0.1, 0.15) is 44.7 Å². The molecule has 1 aromatic carbocycles. The van der Waals surface area contributed by atoms with E-state index in [1.54, 1.807) is 17.0 Å². The molecule has 1 aliphatic heterocycles. The van der Waals surface area contributed by atoms with Crippen molar-refractivity contribution >= 4 is 6.09 Å². The van der Waals surface area contributed by atoms with Crippen LogP contribution in [0.5, 0.6) is 0 Å². The summed E-state index contributed by atoms with van der Waals surface area (Å²) < 4.78 is 18.3. The maximum atomic E-state index is 13.0. The molecule has 1 saturated heterocycles. The number of piperidine rings is 1. The fourth-order valence-corrected chi connectivity index (χ4v) is 2.50. The van der Waals surface area contributed by atoms with Crippen molar-refractivity contribution in [3.63, 3.8) is 0 Å². The summed E-state index contributed by atoms with van der Waals surface area (Å²) in [6, 6.07) is 6.41. The van der Waals surface area contributed by atoms with Gasteiger partial charge in [-0.2, -0.15) is 0 Å². The van der Waals surface area contributed by atoms with Crippen LogP contribution in [0.25, 0.3) is 0 Å². The van der Waals surface area contributed by atoms with Gasteiger partial charge in [0.05, 0.1) is 12.6 Å². The smallest absolute Gasteiger partial charge is 0.410 e. The number of carbonyl (C=O) groups excluding carboxylic acids is 1. The Morgan fingerprint density at radius 3 is 2.70 bits per heavy atom. The molecule has 0 saturated carbocycles. The van der Waals surface area contributed by atoms with E-state index in [4.69, 9.17) is 4.74 Å². The first-order valence-electron chi connectivity index (χ1n) is 7.27. The molecule has 1 amide bonds. The van der Waals surface area contributed by atoms with Crippen LogP contribution < -0.4 is 0 Å². The SMILES string of the molecule is CC(C)COC(=O)N1CCCC[C@@H]1c1ccc(F)cc1. The van der Waals surface area contributed by atoms with Crippen molar-refractivity contribution < 1.29 is 13.9 Å². The molecular weight excluding hydrogens is 257 g/mol. The average molecular weight is 279 g/mol. The van der Waals surface area contributed by atoms with E-state index >= 15 is 0 Å². The van der Waals surface area contributed by atoms with Crippen molar-refractivity contribution in [2.24, 2.45) is 5.92 Å². The quantitative estimate of drug-likeness (QED) is 0.832. The third-order valence-corrected chi connectivity index (χ3v) is 3.53. The molecule has 0 spiro atoms. The molecular formula is C16H22FNO2. The van der Waals surface area contributed by atoms with E-state index in [-0.39, 0.29) is 18.0 Å². The number of nitrogens with zero attached hydrogens (tertiary/aromatic N) is 1. The molecule has 0 aromatic heterocycles. The van der Waals surface area contributed by atoms with E-state index in [9.17, 15) is 9.18 Å². The minimum absolute atomic E-state index is 0.00372. The summed E-state index contributed by atoms with van der Waals surface area (Å²) >= 11 is 0. The highest BCUT2D eigenvalue weighted by atomic mass is 19.1. The lowest BCUT2D eigenvalue weighted by atomic mass is 9.96. The molecule has 2 rings (SSSR count). The van der Waals surface area contributed by atoms with Gasteiger partial charge in [-0.05, 0) is 42.9 Å². The lowest BCUT2D eigenvalue weighted by Crippen LogP contribution is -2.39. The van der Waals surface area contributed by atoms with Crippen molar-refractivity contribution in [2.45, 2.75) is 39.2 Å². The molecule has 0 unspecified atom stereocenters. The minimum atomic E-state index is -0.257. The maximum Gasteiger partial charge on any atom is 0.410 e. The summed E-state index contributed by atoms with van der Waals surface area (Å²) in [6.07, 6.45) is 2.72. The topological polar surface area (TPSA) is 29.5 Å². The van der Waals surface area contributed by atoms with E-state index in [1.807, 2.05) is 13.8 Å². The lowest BCUT2D eigenvalue weighted by Gasteiger charge is -2.35. The normalized spacial score (nSPS) is 19.2. The van der Waals surface area contributed by atoms with Gasteiger partial charge in [0.25, 0.3) is 0 Å². The summed E-state index contributed by atoms with van der Waals surface area (Å²) in [5.41, 5.74) is 0.979. The van der Waals surface area contributed by atoms with Gasteiger partial charge in [0.2, 0.25) is 0 Å². The number of rotatable bonds is 3. The molecule has 3 nitrogen and oxygen atoms in total. The number of carbonyl (C=O) groups is 1. The Morgan fingerprint density at radius 1 is 1.35 bits per heavy atom. The van der Waals surface area contributed by atoms with E-state index in [0.29, 0.717) is 19.1 Å². The standard InChI is InChI=1S/C16H22FNO2/c1-12(2)11-20-16(19)18-10-4-3-5-15(18)13-6-8-14(17)9-7-13/h6-9,12,15H,3-5,10-11H2,1-2H3/t15-/m1/s1. The van der Waals surface area contributed by atoms with Crippen LogP contribution in [-0.4, -0.2) is 24.1 Å². The van der Waals surface area contributed by atoms with Crippen LogP contribution in [0.2, 0.25) is 0 Å². The largest absolute Gasteiger partial charge is 0.449 e. The monoisotopic (exact) mass is 279 g/mol. The van der Waals surface area contributed by atoms with Gasteiger partial charge in [0.15, 0.2) is 0 Å². The summed E-state index contributed by atoms with van der Waals surface area (Å²) in [5.74, 6) is 0.0755. The number of benzene rings is 1. The molecule has 20 heavy (non-hydrogen) atoms. The second-order valence-electron chi connectivity index (χ2n) is 5.73. The Hall–Kier alpha value is -1.58. The Morgan fingerprint density at radius 2 is 2.05 bits per heavy atom. The molecule has 1 aliphatic rings. The third-order valence-electron chi connectivity index (χ3n) is 3.53. The Kier molecular flexibility index (Phi) is 4.99. The van der Waals surface area contributed by atoms with Crippen LogP contribution >= 0.6 is 0 Å². The van der Waals surface area contributed by atoms with E-state index in [2.05, 4.69) is 0 Å². The van der Waals surface area contributed by atoms with Crippen LogP contribution in [0, 0.1) is 11.7 Å². The van der Waals surface area contributed by atoms with Crippen LogP contribution in [-0.2, 0) is 4.74 Å². The van der Waals surface area contributed by atoms with Crippen LogP contribution in [0.3, 0.4) is 0 Å². The molecule has 4 heteroatoms. The highest BCUT2D eigenvalue weighted by molar-refractivity contribution is 5.68. The van der Waals surface area contributed by atoms with Gasteiger partial charge in [0, 0.05) is 6.54 Å². The zero-order valence-corrected chi connectivity index (χ0v) is 12.1. The van der Waals surface area contributed by atoms with Gasteiger partial charge in [-0.15, -0.1) is 0 Å². The first-order chi connectivity index (χ1) is 9.58. The predicted octanol–water partition coefficient (Wildman–Crippen LogP) is 4.15. The molecule has 110 valence electrons. The number of amides is 1. The molecule has 0 aliphatic carbocycles. The van der Waals surface area contributed by atoms with Crippen molar-refractivity contribution in [2.75, 3.05) is 13.2 Å². The maximum absolute atomic E-state index is 13.0. The summed E-state index contributed by atoms with van der Waals surface area (Å²) in [5, 5.41) is 0. The summed E-state index contributed by atoms with van der Waals surface area (Å²) in [6.45, 7) is 5.17. The van der Waals surface area contributed by atoms with Crippen molar-refractivity contribution in [3.05, 3.63) is 35.6 Å². The zero-order valence-electron chi connectivity index (χ0n) is 12.1.